The summed E-state index contributed by atoms with van der Waals surface area (Å²) in [6, 6.07) is 0. The largest absolute Gasteiger partial charge is 0.379 e. The van der Waals surface area contributed by atoms with Crippen molar-refractivity contribution in [2.75, 3.05) is 31.8 Å². The van der Waals surface area contributed by atoms with Gasteiger partial charge in [-0.25, -0.2) is 0 Å². The average molecular weight is 265 g/mol. The zero-order valence-electron chi connectivity index (χ0n) is 9.06. The monoisotopic (exact) mass is 264 g/mol. The Labute approximate surface area is 95.5 Å². The number of unbranched alkanes of at least 4 members (excludes halogenated alkanes) is 1. The highest BCUT2D eigenvalue weighted by Gasteiger charge is 2.41. The van der Waals surface area contributed by atoms with Gasteiger partial charge < -0.3 is 9.47 Å². The third-order valence-corrected chi connectivity index (χ3v) is 3.85. The maximum absolute atomic E-state index is 5.58. The molecule has 2 nitrogen and oxygen atoms in total. The summed E-state index contributed by atoms with van der Waals surface area (Å²) < 4.78 is 11.0. The van der Waals surface area contributed by atoms with Gasteiger partial charge in [0.1, 0.15) is 0 Å². The van der Waals surface area contributed by atoms with Crippen molar-refractivity contribution >= 4 is 15.9 Å². The van der Waals surface area contributed by atoms with Crippen LogP contribution in [0.25, 0.3) is 0 Å². The third kappa shape index (κ3) is 4.76. The van der Waals surface area contributed by atoms with Crippen LogP contribution in [0.15, 0.2) is 0 Å². The molecule has 0 N–H and O–H groups in total. The molecule has 0 aliphatic heterocycles. The van der Waals surface area contributed by atoms with Crippen molar-refractivity contribution in [3.63, 3.8) is 0 Å². The zero-order chi connectivity index (χ0) is 10.3. The standard InChI is InChI=1S/C11H21BrO2/c1-2-3-6-13-7-8-14-10-11(9-12)4-5-11/h2-10H2,1H3. The van der Waals surface area contributed by atoms with Crippen LogP contribution in [0.1, 0.15) is 32.6 Å². The Kier molecular flexibility index (Phi) is 6.06. The Morgan fingerprint density at radius 2 is 1.86 bits per heavy atom. The fourth-order valence-corrected chi connectivity index (χ4v) is 1.97. The van der Waals surface area contributed by atoms with Crippen LogP contribution in [0.2, 0.25) is 0 Å². The van der Waals surface area contributed by atoms with Crippen LogP contribution in [0.4, 0.5) is 0 Å². The molecule has 14 heavy (non-hydrogen) atoms. The van der Waals surface area contributed by atoms with Gasteiger partial charge >= 0.3 is 0 Å². The second kappa shape index (κ2) is 6.81. The third-order valence-electron chi connectivity index (χ3n) is 2.66. The molecule has 1 rings (SSSR count). The molecule has 0 unspecified atom stereocenters. The van der Waals surface area contributed by atoms with E-state index < -0.39 is 0 Å². The Morgan fingerprint density at radius 1 is 1.14 bits per heavy atom. The minimum atomic E-state index is 0.476. The Morgan fingerprint density at radius 3 is 2.43 bits per heavy atom. The van der Waals surface area contributed by atoms with Crippen molar-refractivity contribution in [3.8, 4) is 0 Å². The van der Waals surface area contributed by atoms with Gasteiger partial charge in [0, 0.05) is 17.4 Å². The number of halogens is 1. The average Bonchev–Trinajstić information content (AvgIpc) is 2.98. The van der Waals surface area contributed by atoms with Gasteiger partial charge in [-0.1, -0.05) is 29.3 Å². The van der Waals surface area contributed by atoms with Gasteiger partial charge in [-0.3, -0.25) is 0 Å². The first-order chi connectivity index (χ1) is 6.83. The summed E-state index contributed by atoms with van der Waals surface area (Å²) in [7, 11) is 0. The molecule has 0 saturated heterocycles. The molecule has 1 fully saturated rings. The first kappa shape index (κ1) is 12.5. The van der Waals surface area contributed by atoms with Gasteiger partial charge in [-0.2, -0.15) is 0 Å². The van der Waals surface area contributed by atoms with Crippen molar-refractivity contribution in [3.05, 3.63) is 0 Å². The van der Waals surface area contributed by atoms with Gasteiger partial charge in [0.05, 0.1) is 19.8 Å². The molecule has 0 bridgehead atoms. The molecule has 0 aromatic rings. The molecular weight excluding hydrogens is 244 g/mol. The van der Waals surface area contributed by atoms with E-state index in [-0.39, 0.29) is 0 Å². The van der Waals surface area contributed by atoms with E-state index in [9.17, 15) is 0 Å². The van der Waals surface area contributed by atoms with E-state index in [1.165, 1.54) is 19.3 Å². The quantitative estimate of drug-likeness (QED) is 0.471. The predicted molar refractivity (Wildman–Crippen MR) is 62.0 cm³/mol. The summed E-state index contributed by atoms with van der Waals surface area (Å²) in [5.74, 6) is 0. The smallest absolute Gasteiger partial charge is 0.0700 e. The van der Waals surface area contributed by atoms with E-state index in [0.29, 0.717) is 5.41 Å². The van der Waals surface area contributed by atoms with E-state index in [2.05, 4.69) is 22.9 Å². The molecule has 0 atom stereocenters. The second-order valence-electron chi connectivity index (χ2n) is 4.15. The predicted octanol–water partition coefficient (Wildman–Crippen LogP) is 2.99. The lowest BCUT2D eigenvalue weighted by Crippen LogP contribution is -2.14. The lowest BCUT2D eigenvalue weighted by Gasteiger charge is -2.11. The van der Waals surface area contributed by atoms with Gasteiger partial charge in [0.25, 0.3) is 0 Å². The van der Waals surface area contributed by atoms with Crippen LogP contribution < -0.4 is 0 Å². The molecule has 0 spiro atoms. The number of hydrogen-bond donors (Lipinski definition) is 0. The molecule has 1 aliphatic carbocycles. The van der Waals surface area contributed by atoms with E-state index in [1.54, 1.807) is 0 Å². The summed E-state index contributed by atoms with van der Waals surface area (Å²) in [5.41, 5.74) is 0.476. The number of rotatable bonds is 9. The SMILES string of the molecule is CCCCOCCOCC1(CBr)CC1. The van der Waals surface area contributed by atoms with Crippen molar-refractivity contribution < 1.29 is 9.47 Å². The van der Waals surface area contributed by atoms with E-state index in [0.717, 1.165) is 38.2 Å². The summed E-state index contributed by atoms with van der Waals surface area (Å²) in [5, 5.41) is 1.08. The second-order valence-corrected chi connectivity index (χ2v) is 4.71. The van der Waals surface area contributed by atoms with Gasteiger partial charge in [-0.15, -0.1) is 0 Å². The van der Waals surface area contributed by atoms with Crippen LogP contribution in [0, 0.1) is 5.41 Å². The first-order valence-electron chi connectivity index (χ1n) is 5.54. The molecule has 1 aliphatic rings. The maximum atomic E-state index is 5.58. The van der Waals surface area contributed by atoms with Crippen LogP contribution in [0.5, 0.6) is 0 Å². The van der Waals surface area contributed by atoms with Gasteiger partial charge in [0.2, 0.25) is 0 Å². The normalized spacial score (nSPS) is 18.4. The molecule has 3 heteroatoms. The van der Waals surface area contributed by atoms with Crippen molar-refractivity contribution in [1.82, 2.24) is 0 Å². The fourth-order valence-electron chi connectivity index (χ4n) is 1.25. The lowest BCUT2D eigenvalue weighted by atomic mass is 10.2. The van der Waals surface area contributed by atoms with Crippen molar-refractivity contribution in [2.24, 2.45) is 5.41 Å². The highest BCUT2D eigenvalue weighted by atomic mass is 79.9. The number of ether oxygens (including phenoxy) is 2. The van der Waals surface area contributed by atoms with E-state index >= 15 is 0 Å². The van der Waals surface area contributed by atoms with Crippen LogP contribution in [-0.4, -0.2) is 31.8 Å². The number of hydrogen-bond acceptors (Lipinski definition) is 2. The van der Waals surface area contributed by atoms with Gasteiger partial charge in [-0.05, 0) is 19.3 Å². The fraction of sp³-hybridized carbons (Fsp3) is 1.00. The van der Waals surface area contributed by atoms with Gasteiger partial charge in [0.15, 0.2) is 0 Å². The molecule has 0 heterocycles. The molecule has 0 radical (unpaired) electrons. The maximum Gasteiger partial charge on any atom is 0.0700 e. The molecule has 84 valence electrons. The zero-order valence-corrected chi connectivity index (χ0v) is 10.6. The minimum absolute atomic E-state index is 0.476. The molecule has 0 amide bonds. The van der Waals surface area contributed by atoms with E-state index in [1.807, 2.05) is 0 Å². The highest BCUT2D eigenvalue weighted by molar-refractivity contribution is 9.09. The number of alkyl halides is 1. The molecular formula is C11H21BrO2. The Bertz CT molecular complexity index is 146. The summed E-state index contributed by atoms with van der Waals surface area (Å²) >= 11 is 3.53. The molecule has 1 saturated carbocycles. The summed E-state index contributed by atoms with van der Waals surface area (Å²) in [6.45, 7) is 5.45. The first-order valence-corrected chi connectivity index (χ1v) is 6.66. The van der Waals surface area contributed by atoms with Crippen LogP contribution in [-0.2, 0) is 9.47 Å². The Balaban J connectivity index is 1.80. The lowest BCUT2D eigenvalue weighted by molar-refractivity contribution is 0.0318. The minimum Gasteiger partial charge on any atom is -0.379 e. The van der Waals surface area contributed by atoms with Crippen molar-refractivity contribution in [2.45, 2.75) is 32.6 Å². The topological polar surface area (TPSA) is 18.5 Å². The molecule has 0 aromatic carbocycles. The van der Waals surface area contributed by atoms with Crippen LogP contribution in [0.3, 0.4) is 0 Å². The molecule has 0 aromatic heterocycles. The van der Waals surface area contributed by atoms with Crippen LogP contribution >= 0.6 is 15.9 Å². The highest BCUT2D eigenvalue weighted by Crippen LogP contribution is 2.47. The Hall–Kier alpha value is 0.400. The van der Waals surface area contributed by atoms with E-state index in [4.69, 9.17) is 9.47 Å². The van der Waals surface area contributed by atoms with Crippen molar-refractivity contribution in [1.29, 1.82) is 0 Å². The summed E-state index contributed by atoms with van der Waals surface area (Å²) in [6.07, 6.45) is 4.99. The summed E-state index contributed by atoms with van der Waals surface area (Å²) in [4.78, 5) is 0.